The first-order valence-electron chi connectivity index (χ1n) is 9.27. The fourth-order valence-electron chi connectivity index (χ4n) is 3.63. The predicted octanol–water partition coefficient (Wildman–Crippen LogP) is 3.49. The number of benzene rings is 1. The number of nitrogens with one attached hydrogen (secondary N) is 1. The first kappa shape index (κ1) is 18.4. The van der Waals surface area contributed by atoms with E-state index >= 15 is 0 Å². The third kappa shape index (κ3) is 3.99. The van der Waals surface area contributed by atoms with Gasteiger partial charge in [-0.2, -0.15) is 0 Å². The Morgan fingerprint density at radius 3 is 2.43 bits per heavy atom. The number of aromatic nitrogens is 3. The molecule has 28 heavy (non-hydrogen) atoms. The van der Waals surface area contributed by atoms with Crippen LogP contribution in [-0.2, 0) is 6.54 Å². The van der Waals surface area contributed by atoms with Crippen LogP contribution in [-0.4, -0.2) is 32.9 Å². The zero-order valence-electron chi connectivity index (χ0n) is 15.2. The number of hydrogen-bond donors (Lipinski definition) is 1. The van der Waals surface area contributed by atoms with E-state index in [4.69, 9.17) is 0 Å². The smallest absolute Gasteiger partial charge is 0.251 e. The summed E-state index contributed by atoms with van der Waals surface area (Å²) in [6.07, 6.45) is 4.87. The molecule has 5 nitrogen and oxygen atoms in total. The molecule has 0 bridgehead atoms. The first-order chi connectivity index (χ1) is 13.6. The summed E-state index contributed by atoms with van der Waals surface area (Å²) in [6, 6.07) is 9.08. The lowest BCUT2D eigenvalue weighted by atomic mass is 9.93. The van der Waals surface area contributed by atoms with Gasteiger partial charge in [-0.3, -0.25) is 14.7 Å². The number of H-pyrrole nitrogens is 1. The average molecular weight is 382 g/mol. The van der Waals surface area contributed by atoms with Crippen LogP contribution in [0.3, 0.4) is 0 Å². The summed E-state index contributed by atoms with van der Waals surface area (Å²) in [5.41, 5.74) is 1.48. The van der Waals surface area contributed by atoms with Crippen LogP contribution in [0.5, 0.6) is 0 Å². The maximum Gasteiger partial charge on any atom is 0.251 e. The van der Waals surface area contributed by atoms with E-state index in [1.807, 2.05) is 4.90 Å². The largest absolute Gasteiger partial charge is 0.307 e. The van der Waals surface area contributed by atoms with E-state index in [-0.39, 0.29) is 23.6 Å². The molecule has 0 radical (unpaired) electrons. The molecule has 0 aliphatic carbocycles. The maximum atomic E-state index is 13.9. The number of rotatable bonds is 4. The predicted molar refractivity (Wildman–Crippen MR) is 102 cm³/mol. The van der Waals surface area contributed by atoms with Gasteiger partial charge in [0.1, 0.15) is 17.5 Å². The molecule has 1 aliphatic heterocycles. The van der Waals surface area contributed by atoms with Crippen LogP contribution in [0.25, 0.3) is 11.4 Å². The molecule has 0 unspecified atom stereocenters. The van der Waals surface area contributed by atoms with E-state index in [1.54, 1.807) is 30.6 Å². The van der Waals surface area contributed by atoms with Gasteiger partial charge in [0.25, 0.3) is 5.56 Å². The Balaban J connectivity index is 1.47. The number of likely N-dealkylation sites (tertiary alicyclic amines) is 1. The van der Waals surface area contributed by atoms with Gasteiger partial charge >= 0.3 is 0 Å². The summed E-state index contributed by atoms with van der Waals surface area (Å²) >= 11 is 0. The molecule has 4 rings (SSSR count). The normalized spacial score (nSPS) is 15.6. The zero-order chi connectivity index (χ0) is 19.5. The van der Waals surface area contributed by atoms with Gasteiger partial charge in [-0.1, -0.05) is 6.07 Å². The van der Waals surface area contributed by atoms with E-state index in [9.17, 15) is 13.6 Å². The maximum absolute atomic E-state index is 13.9. The van der Waals surface area contributed by atoms with Crippen LogP contribution < -0.4 is 5.56 Å². The molecule has 1 aromatic carbocycles. The van der Waals surface area contributed by atoms with Crippen LogP contribution >= 0.6 is 0 Å². The van der Waals surface area contributed by atoms with E-state index in [2.05, 4.69) is 15.0 Å². The van der Waals surface area contributed by atoms with Crippen LogP contribution in [0.15, 0.2) is 53.6 Å². The van der Waals surface area contributed by atoms with E-state index in [0.29, 0.717) is 18.9 Å². The fraction of sp³-hybridized carbons (Fsp3) is 0.286. The molecule has 3 heterocycles. The second-order valence-electron chi connectivity index (χ2n) is 7.01. The van der Waals surface area contributed by atoms with Gasteiger partial charge in [0.15, 0.2) is 0 Å². The van der Waals surface area contributed by atoms with Crippen LogP contribution in [0, 0.1) is 11.6 Å². The second kappa shape index (κ2) is 7.98. The number of aromatic amines is 1. The monoisotopic (exact) mass is 382 g/mol. The van der Waals surface area contributed by atoms with Gasteiger partial charge in [-0.25, -0.2) is 13.8 Å². The lowest BCUT2D eigenvalue weighted by Crippen LogP contribution is -2.33. The Labute approximate surface area is 161 Å². The molecule has 0 spiro atoms. The second-order valence-corrected chi connectivity index (χ2v) is 7.01. The third-order valence-electron chi connectivity index (χ3n) is 5.16. The highest BCUT2D eigenvalue weighted by Crippen LogP contribution is 2.28. The molecule has 0 saturated carbocycles. The minimum absolute atomic E-state index is 0.107. The molecule has 144 valence electrons. The highest BCUT2D eigenvalue weighted by molar-refractivity contribution is 5.53. The van der Waals surface area contributed by atoms with Gasteiger partial charge in [0.05, 0.1) is 5.69 Å². The Morgan fingerprint density at radius 1 is 1.07 bits per heavy atom. The van der Waals surface area contributed by atoms with Gasteiger partial charge < -0.3 is 4.98 Å². The lowest BCUT2D eigenvalue weighted by molar-refractivity contribution is 0.198. The van der Waals surface area contributed by atoms with Crippen molar-refractivity contribution in [1.29, 1.82) is 0 Å². The molecule has 0 atom stereocenters. The summed E-state index contributed by atoms with van der Waals surface area (Å²) in [6.45, 7) is 1.63. The molecule has 1 N–H and O–H groups in total. The Kier molecular flexibility index (Phi) is 5.25. The Bertz CT molecular complexity index is 994. The molecular formula is C21H20F2N4O. The third-order valence-corrected chi connectivity index (χ3v) is 5.16. The molecule has 2 aromatic heterocycles. The molecule has 0 amide bonds. The van der Waals surface area contributed by atoms with E-state index in [0.717, 1.165) is 24.1 Å². The summed E-state index contributed by atoms with van der Waals surface area (Å²) < 4.78 is 27.8. The van der Waals surface area contributed by atoms with Crippen LogP contribution in [0.2, 0.25) is 0 Å². The van der Waals surface area contributed by atoms with Crippen molar-refractivity contribution < 1.29 is 8.78 Å². The SMILES string of the molecule is O=c1cc(C2CCN(Cc3c(F)cccc3F)CC2)nc(-c2ccncc2)[nH]1. The summed E-state index contributed by atoms with van der Waals surface area (Å²) in [7, 11) is 0. The van der Waals surface area contributed by atoms with E-state index < -0.39 is 11.6 Å². The zero-order valence-corrected chi connectivity index (χ0v) is 15.2. The first-order valence-corrected chi connectivity index (χ1v) is 9.27. The van der Waals surface area contributed by atoms with Gasteiger partial charge in [-0.05, 0) is 50.2 Å². The van der Waals surface area contributed by atoms with Crippen molar-refractivity contribution in [3.8, 4) is 11.4 Å². The standard InChI is InChI=1S/C21H20F2N4O/c22-17-2-1-3-18(23)16(17)13-27-10-6-14(7-11-27)19-12-20(28)26-21(25-19)15-4-8-24-9-5-15/h1-5,8-9,12,14H,6-7,10-11,13H2,(H,25,26,28). The van der Waals surface area contributed by atoms with Gasteiger partial charge in [0, 0.05) is 42.0 Å². The molecule has 7 heteroatoms. The number of halogens is 2. The van der Waals surface area contributed by atoms with Gasteiger partial charge in [-0.15, -0.1) is 0 Å². The molecule has 1 aliphatic rings. The van der Waals surface area contributed by atoms with Crippen molar-refractivity contribution in [3.63, 3.8) is 0 Å². The van der Waals surface area contributed by atoms with Crippen molar-refractivity contribution in [3.05, 3.63) is 82.0 Å². The van der Waals surface area contributed by atoms with Gasteiger partial charge in [0.2, 0.25) is 0 Å². The minimum Gasteiger partial charge on any atom is -0.307 e. The summed E-state index contributed by atoms with van der Waals surface area (Å²) in [4.78, 5) is 25.5. The topological polar surface area (TPSA) is 61.9 Å². The number of hydrogen-bond acceptors (Lipinski definition) is 4. The number of pyridine rings is 1. The Hall–Kier alpha value is -2.93. The van der Waals surface area contributed by atoms with Crippen molar-refractivity contribution in [2.45, 2.75) is 25.3 Å². The lowest BCUT2D eigenvalue weighted by Gasteiger charge is -2.31. The summed E-state index contributed by atoms with van der Waals surface area (Å²) in [5, 5.41) is 0. The molecule has 1 fully saturated rings. The number of nitrogens with zero attached hydrogens (tertiary/aromatic N) is 3. The minimum atomic E-state index is -0.514. The fourth-order valence-corrected chi connectivity index (χ4v) is 3.63. The molecule has 1 saturated heterocycles. The highest BCUT2D eigenvalue weighted by Gasteiger charge is 2.24. The molecule has 3 aromatic rings. The van der Waals surface area contributed by atoms with Crippen molar-refractivity contribution in [2.75, 3.05) is 13.1 Å². The number of piperidine rings is 1. The van der Waals surface area contributed by atoms with Crippen molar-refractivity contribution in [2.24, 2.45) is 0 Å². The quantitative estimate of drug-likeness (QED) is 0.750. The Morgan fingerprint density at radius 2 is 1.75 bits per heavy atom. The average Bonchev–Trinajstić information content (AvgIpc) is 2.71. The van der Waals surface area contributed by atoms with E-state index in [1.165, 1.54) is 18.2 Å². The summed E-state index contributed by atoms with van der Waals surface area (Å²) in [5.74, 6) is -0.355. The van der Waals surface area contributed by atoms with Crippen molar-refractivity contribution in [1.82, 2.24) is 19.9 Å². The molecular weight excluding hydrogens is 362 g/mol. The highest BCUT2D eigenvalue weighted by atomic mass is 19.1. The van der Waals surface area contributed by atoms with Crippen LogP contribution in [0.4, 0.5) is 8.78 Å². The van der Waals surface area contributed by atoms with Crippen LogP contribution in [0.1, 0.15) is 30.0 Å². The van der Waals surface area contributed by atoms with Crippen molar-refractivity contribution >= 4 is 0 Å².